The Morgan fingerprint density at radius 2 is 2.21 bits per heavy atom. The Hall–Kier alpha value is -2.88. The number of anilines is 1. The lowest BCUT2D eigenvalue weighted by molar-refractivity contribution is 0.0526. The molecule has 152 valence electrons. The van der Waals surface area contributed by atoms with E-state index >= 15 is 0 Å². The van der Waals surface area contributed by atoms with Crippen molar-refractivity contribution in [3.8, 4) is 0 Å². The van der Waals surface area contributed by atoms with Gasteiger partial charge in [0.15, 0.2) is 5.16 Å². The fourth-order valence-electron chi connectivity index (χ4n) is 3.18. The van der Waals surface area contributed by atoms with Gasteiger partial charge in [0.25, 0.3) is 0 Å². The van der Waals surface area contributed by atoms with Gasteiger partial charge >= 0.3 is 5.97 Å². The second-order valence-electron chi connectivity index (χ2n) is 6.76. The topological polar surface area (TPSA) is 122 Å². The average molecular weight is 414 g/mol. The van der Waals surface area contributed by atoms with Crippen LogP contribution in [-0.2, 0) is 17.0 Å². The Bertz CT molecular complexity index is 1090. The molecule has 1 aliphatic rings. The second-order valence-corrected chi connectivity index (χ2v) is 7.70. The SMILES string of the molecule is C=CCn1c(SCc2nc(N)c3c(C(=O)OCC)c(C)oc3n2)nnc1C1CC1. The number of esters is 1. The molecule has 0 aromatic carbocycles. The van der Waals surface area contributed by atoms with Gasteiger partial charge in [-0.05, 0) is 26.7 Å². The largest absolute Gasteiger partial charge is 0.462 e. The van der Waals surface area contributed by atoms with E-state index < -0.39 is 5.97 Å². The van der Waals surface area contributed by atoms with Gasteiger partial charge < -0.3 is 19.5 Å². The van der Waals surface area contributed by atoms with Gasteiger partial charge in [0.1, 0.15) is 28.8 Å². The molecule has 3 heterocycles. The lowest BCUT2D eigenvalue weighted by Gasteiger charge is -2.07. The van der Waals surface area contributed by atoms with Crippen LogP contribution < -0.4 is 5.73 Å². The van der Waals surface area contributed by atoms with Crippen LogP contribution in [0.2, 0.25) is 0 Å². The average Bonchev–Trinajstić information content (AvgIpc) is 3.35. The van der Waals surface area contributed by atoms with E-state index in [1.54, 1.807) is 13.8 Å². The number of aromatic nitrogens is 5. The van der Waals surface area contributed by atoms with Crippen LogP contribution in [0.15, 0.2) is 22.2 Å². The number of carbonyl (C=O) groups excluding carboxylic acids is 1. The highest BCUT2D eigenvalue weighted by atomic mass is 32.2. The summed E-state index contributed by atoms with van der Waals surface area (Å²) in [5.74, 6) is 2.53. The van der Waals surface area contributed by atoms with E-state index in [-0.39, 0.29) is 23.7 Å². The van der Waals surface area contributed by atoms with Crippen LogP contribution >= 0.6 is 11.8 Å². The van der Waals surface area contributed by atoms with E-state index in [1.165, 1.54) is 11.8 Å². The fourth-order valence-corrected chi connectivity index (χ4v) is 3.99. The van der Waals surface area contributed by atoms with Gasteiger partial charge in [0, 0.05) is 12.5 Å². The van der Waals surface area contributed by atoms with Crippen molar-refractivity contribution < 1.29 is 13.9 Å². The minimum atomic E-state index is -0.494. The maximum atomic E-state index is 12.2. The molecule has 0 radical (unpaired) electrons. The molecule has 1 fully saturated rings. The van der Waals surface area contributed by atoms with Crippen LogP contribution in [-0.4, -0.2) is 37.3 Å². The number of fused-ring (bicyclic) bond motifs is 1. The molecule has 4 rings (SSSR count). The molecular formula is C19H22N6O3S. The van der Waals surface area contributed by atoms with Gasteiger partial charge in [-0.2, -0.15) is 4.98 Å². The fraction of sp³-hybridized carbons (Fsp3) is 0.421. The number of allylic oxidation sites excluding steroid dienone is 1. The molecule has 1 saturated carbocycles. The van der Waals surface area contributed by atoms with Crippen LogP contribution in [0.4, 0.5) is 5.82 Å². The highest BCUT2D eigenvalue weighted by Crippen LogP contribution is 2.40. The summed E-state index contributed by atoms with van der Waals surface area (Å²) in [6.07, 6.45) is 4.14. The number of rotatable bonds is 8. The molecular weight excluding hydrogens is 392 g/mol. The first-order chi connectivity index (χ1) is 14.0. The molecule has 3 aromatic rings. The summed E-state index contributed by atoms with van der Waals surface area (Å²) in [5.41, 5.74) is 6.68. The number of nitrogen functional groups attached to an aromatic ring is 1. The molecule has 3 aromatic heterocycles. The predicted molar refractivity (Wildman–Crippen MR) is 109 cm³/mol. The Balaban J connectivity index is 1.60. The first kappa shape index (κ1) is 19.4. The molecule has 0 amide bonds. The number of hydrogen-bond donors (Lipinski definition) is 1. The Morgan fingerprint density at radius 1 is 1.41 bits per heavy atom. The third-order valence-corrected chi connectivity index (χ3v) is 5.57. The van der Waals surface area contributed by atoms with Gasteiger partial charge in [-0.15, -0.1) is 16.8 Å². The van der Waals surface area contributed by atoms with Gasteiger partial charge in [0.2, 0.25) is 5.71 Å². The maximum Gasteiger partial charge on any atom is 0.342 e. The number of furan rings is 1. The van der Waals surface area contributed by atoms with Crippen molar-refractivity contribution >= 4 is 34.6 Å². The van der Waals surface area contributed by atoms with Gasteiger partial charge in [-0.1, -0.05) is 17.8 Å². The molecule has 9 nitrogen and oxygen atoms in total. The molecule has 0 spiro atoms. The smallest absolute Gasteiger partial charge is 0.342 e. The van der Waals surface area contributed by atoms with Crippen LogP contribution in [0.3, 0.4) is 0 Å². The van der Waals surface area contributed by atoms with Crippen molar-refractivity contribution in [1.82, 2.24) is 24.7 Å². The molecule has 1 aliphatic carbocycles. The summed E-state index contributed by atoms with van der Waals surface area (Å²) in [6, 6.07) is 0. The third kappa shape index (κ3) is 3.71. The van der Waals surface area contributed by atoms with Crippen LogP contribution in [0.25, 0.3) is 11.1 Å². The van der Waals surface area contributed by atoms with E-state index in [4.69, 9.17) is 14.9 Å². The van der Waals surface area contributed by atoms with Crippen molar-refractivity contribution in [3.05, 3.63) is 35.6 Å². The maximum absolute atomic E-state index is 12.2. The molecule has 0 aliphatic heterocycles. The molecule has 0 bridgehead atoms. The summed E-state index contributed by atoms with van der Waals surface area (Å²) >= 11 is 1.48. The monoisotopic (exact) mass is 414 g/mol. The predicted octanol–water partition coefficient (Wildman–Crippen LogP) is 3.24. The van der Waals surface area contributed by atoms with Crippen molar-refractivity contribution in [3.63, 3.8) is 0 Å². The minimum absolute atomic E-state index is 0.191. The first-order valence-corrected chi connectivity index (χ1v) is 10.4. The minimum Gasteiger partial charge on any atom is -0.462 e. The number of nitrogens with zero attached hydrogens (tertiary/aromatic N) is 5. The number of hydrogen-bond acceptors (Lipinski definition) is 9. The van der Waals surface area contributed by atoms with Crippen molar-refractivity contribution in [2.75, 3.05) is 12.3 Å². The van der Waals surface area contributed by atoms with Crippen molar-refractivity contribution in [2.45, 2.75) is 50.1 Å². The number of nitrogens with two attached hydrogens (primary N) is 1. The number of carbonyl (C=O) groups is 1. The van der Waals surface area contributed by atoms with Crippen LogP contribution in [0.5, 0.6) is 0 Å². The quantitative estimate of drug-likeness (QED) is 0.336. The summed E-state index contributed by atoms with van der Waals surface area (Å²) < 4.78 is 12.8. The van der Waals surface area contributed by atoms with E-state index in [9.17, 15) is 4.79 Å². The van der Waals surface area contributed by atoms with Crippen molar-refractivity contribution in [1.29, 1.82) is 0 Å². The van der Waals surface area contributed by atoms with Gasteiger partial charge in [-0.25, -0.2) is 9.78 Å². The Labute approximate surface area is 171 Å². The normalized spacial score (nSPS) is 13.7. The van der Waals surface area contributed by atoms with E-state index in [0.29, 0.717) is 35.2 Å². The molecule has 0 unspecified atom stereocenters. The van der Waals surface area contributed by atoms with E-state index in [1.807, 2.05) is 6.08 Å². The second kappa shape index (κ2) is 7.86. The molecule has 0 atom stereocenters. The standard InChI is InChI=1S/C19H22N6O3S/c1-4-8-25-16(11-6-7-11)23-24-19(25)29-9-12-21-15(20)14-13(18(26)27-5-2)10(3)28-17(14)22-12/h4,11H,1,5-9H2,2-3H3,(H2,20,21,22). The molecule has 10 heteroatoms. The van der Waals surface area contributed by atoms with Crippen molar-refractivity contribution in [2.24, 2.45) is 0 Å². The first-order valence-electron chi connectivity index (χ1n) is 9.42. The van der Waals surface area contributed by atoms with E-state index in [0.717, 1.165) is 23.8 Å². The highest BCUT2D eigenvalue weighted by molar-refractivity contribution is 7.98. The molecule has 29 heavy (non-hydrogen) atoms. The zero-order valence-corrected chi connectivity index (χ0v) is 17.2. The van der Waals surface area contributed by atoms with Gasteiger partial charge in [-0.3, -0.25) is 0 Å². The lowest BCUT2D eigenvalue weighted by Crippen LogP contribution is -2.07. The zero-order valence-electron chi connectivity index (χ0n) is 16.3. The molecule has 0 saturated heterocycles. The summed E-state index contributed by atoms with van der Waals surface area (Å²) in [7, 11) is 0. The summed E-state index contributed by atoms with van der Waals surface area (Å²) in [4.78, 5) is 21.0. The number of aryl methyl sites for hydroxylation is 1. The van der Waals surface area contributed by atoms with Gasteiger partial charge in [0.05, 0.1) is 17.7 Å². The highest BCUT2D eigenvalue weighted by Gasteiger charge is 2.30. The number of thioether (sulfide) groups is 1. The Kier molecular flexibility index (Phi) is 5.27. The third-order valence-electron chi connectivity index (χ3n) is 4.61. The number of ether oxygens (including phenoxy) is 1. The van der Waals surface area contributed by atoms with Crippen LogP contribution in [0.1, 0.15) is 53.5 Å². The summed E-state index contributed by atoms with van der Waals surface area (Å²) in [6.45, 7) is 8.16. The zero-order chi connectivity index (χ0) is 20.5. The Morgan fingerprint density at radius 3 is 2.90 bits per heavy atom. The lowest BCUT2D eigenvalue weighted by atomic mass is 10.2. The summed E-state index contributed by atoms with van der Waals surface area (Å²) in [5, 5.41) is 9.83. The van der Waals surface area contributed by atoms with Crippen LogP contribution in [0, 0.1) is 6.92 Å². The van der Waals surface area contributed by atoms with E-state index in [2.05, 4.69) is 31.3 Å². The molecule has 2 N–H and O–H groups in total.